The van der Waals surface area contributed by atoms with Crippen molar-refractivity contribution in [3.8, 4) is 5.75 Å². The van der Waals surface area contributed by atoms with Crippen molar-refractivity contribution in [2.45, 2.75) is 284 Å². The molecule has 1 fully saturated rings. The number of rotatable bonds is 38. The summed E-state index contributed by atoms with van der Waals surface area (Å²) in [5.41, 5.74) is 13.9. The van der Waals surface area contributed by atoms with Crippen LogP contribution in [0.3, 0.4) is 0 Å². The van der Waals surface area contributed by atoms with E-state index in [1.165, 1.54) is 204 Å². The molecule has 348 valence electrons. The van der Waals surface area contributed by atoms with Crippen LogP contribution in [0.25, 0.3) is 0 Å². The number of esters is 1. The maximum absolute atomic E-state index is 13.9. The van der Waals surface area contributed by atoms with E-state index in [1.54, 1.807) is 0 Å². The minimum absolute atomic E-state index is 0.156. The summed E-state index contributed by atoms with van der Waals surface area (Å²) in [7, 11) is 0. The number of nitrogens with two attached hydrogens (primary N) is 2. The molecule has 1 saturated carbocycles. The molecular formula is C54H98N2O4. The maximum atomic E-state index is 13.9. The van der Waals surface area contributed by atoms with E-state index in [0.717, 1.165) is 32.1 Å². The first-order valence-electron chi connectivity index (χ1n) is 26.1. The molecule has 0 aliphatic heterocycles. The molecule has 0 radical (unpaired) electrons. The van der Waals surface area contributed by atoms with Crippen LogP contribution in [0.4, 0.5) is 4.79 Å². The van der Waals surface area contributed by atoms with E-state index >= 15 is 0 Å². The molecule has 3 unspecified atom stereocenters. The van der Waals surface area contributed by atoms with Crippen LogP contribution in [0.1, 0.15) is 270 Å². The SMILES string of the molecule is CCCCCCCCCCCCCCCCCCc1cccc(OC(=O)C(N)C2(C)CC(OC(N)=O)CC(C)(C)C2)c1CCCCCCCCCCCCCCCCCC. The van der Waals surface area contributed by atoms with Gasteiger partial charge in [0.25, 0.3) is 0 Å². The first-order valence-corrected chi connectivity index (χ1v) is 26.1. The lowest BCUT2D eigenvalue weighted by Crippen LogP contribution is -2.54. The molecular weight excluding hydrogens is 741 g/mol. The van der Waals surface area contributed by atoms with Gasteiger partial charge in [-0.1, -0.05) is 239 Å². The van der Waals surface area contributed by atoms with Gasteiger partial charge in [0.2, 0.25) is 0 Å². The maximum Gasteiger partial charge on any atom is 0.404 e. The van der Waals surface area contributed by atoms with Crippen molar-refractivity contribution in [2.75, 3.05) is 0 Å². The molecule has 1 aliphatic rings. The molecule has 60 heavy (non-hydrogen) atoms. The van der Waals surface area contributed by atoms with Crippen molar-refractivity contribution < 1.29 is 19.1 Å². The predicted molar refractivity (Wildman–Crippen MR) is 257 cm³/mol. The molecule has 1 aromatic carbocycles. The largest absolute Gasteiger partial charge is 0.446 e. The van der Waals surface area contributed by atoms with Crippen LogP contribution in [0.15, 0.2) is 18.2 Å². The van der Waals surface area contributed by atoms with Crippen LogP contribution in [-0.4, -0.2) is 24.2 Å². The number of unbranched alkanes of at least 4 members (excludes halogenated alkanes) is 30. The fourth-order valence-corrected chi connectivity index (χ4v) is 10.3. The van der Waals surface area contributed by atoms with E-state index in [2.05, 4.69) is 39.8 Å². The summed E-state index contributed by atoms with van der Waals surface area (Å²) in [6.45, 7) is 10.9. The standard InChI is InChI=1S/C54H98N2O4/c1-6-8-10-12-14-16-18-20-22-24-26-28-30-32-34-36-39-46-40-38-42-49(60-51(57)50(55)54(5)44-47(59-52(56)58)43-53(3,4)45-54)48(46)41-37-35-33-31-29-27-25-23-21-19-17-15-13-11-9-7-2/h38,40,42,47,50H,6-37,39,41,43-45,55H2,1-5H3,(H2,56,58). The normalized spacial score (nSPS) is 18.1. The summed E-state index contributed by atoms with van der Waals surface area (Å²) >= 11 is 0. The molecule has 6 nitrogen and oxygen atoms in total. The molecule has 1 aliphatic carbocycles. The van der Waals surface area contributed by atoms with Gasteiger partial charge in [0.15, 0.2) is 0 Å². The predicted octanol–water partition coefficient (Wildman–Crippen LogP) is 16.2. The molecule has 3 atom stereocenters. The fraction of sp³-hybridized carbons (Fsp3) is 0.852. The van der Waals surface area contributed by atoms with E-state index in [1.807, 2.05) is 13.0 Å². The van der Waals surface area contributed by atoms with Crippen LogP contribution in [0.5, 0.6) is 5.75 Å². The van der Waals surface area contributed by atoms with Gasteiger partial charge in [0.1, 0.15) is 17.9 Å². The van der Waals surface area contributed by atoms with E-state index in [4.69, 9.17) is 20.9 Å². The second-order valence-corrected chi connectivity index (χ2v) is 20.4. The smallest absolute Gasteiger partial charge is 0.404 e. The fourth-order valence-electron chi connectivity index (χ4n) is 10.3. The summed E-state index contributed by atoms with van der Waals surface area (Å²) in [4.78, 5) is 25.5. The highest BCUT2D eigenvalue weighted by molar-refractivity contribution is 5.79. The summed E-state index contributed by atoms with van der Waals surface area (Å²) in [5, 5.41) is 0. The molecule has 0 bridgehead atoms. The number of ether oxygens (including phenoxy) is 2. The Labute approximate surface area is 371 Å². The van der Waals surface area contributed by atoms with Crippen LogP contribution in [0, 0.1) is 10.8 Å². The molecule has 0 saturated heterocycles. The zero-order chi connectivity index (χ0) is 43.7. The minimum atomic E-state index is -0.844. The van der Waals surface area contributed by atoms with E-state index in [-0.39, 0.29) is 11.5 Å². The molecule has 0 heterocycles. The highest BCUT2D eigenvalue weighted by Crippen LogP contribution is 2.48. The number of amides is 1. The topological polar surface area (TPSA) is 105 Å². The Morgan fingerprint density at radius 2 is 0.967 bits per heavy atom. The third kappa shape index (κ3) is 25.1. The summed E-state index contributed by atoms with van der Waals surface area (Å²) in [6, 6.07) is 5.43. The number of aryl methyl sites for hydroxylation is 1. The zero-order valence-corrected chi connectivity index (χ0v) is 40.3. The summed E-state index contributed by atoms with van der Waals surface area (Å²) in [6.07, 6.45) is 46.2. The van der Waals surface area contributed by atoms with Gasteiger partial charge in [0.05, 0.1) is 0 Å². The highest BCUT2D eigenvalue weighted by atomic mass is 16.6. The van der Waals surface area contributed by atoms with Crippen LogP contribution >= 0.6 is 0 Å². The van der Waals surface area contributed by atoms with Gasteiger partial charge in [-0.15, -0.1) is 0 Å². The average molecular weight is 839 g/mol. The van der Waals surface area contributed by atoms with Gasteiger partial charge in [-0.25, -0.2) is 9.59 Å². The van der Waals surface area contributed by atoms with Crippen molar-refractivity contribution in [1.29, 1.82) is 0 Å². The van der Waals surface area contributed by atoms with Gasteiger partial charge in [0, 0.05) is 0 Å². The van der Waals surface area contributed by atoms with Gasteiger partial charge in [-0.2, -0.15) is 0 Å². The Morgan fingerprint density at radius 3 is 1.37 bits per heavy atom. The minimum Gasteiger partial charge on any atom is -0.446 e. The van der Waals surface area contributed by atoms with Crippen LogP contribution in [0.2, 0.25) is 0 Å². The number of primary amides is 1. The van der Waals surface area contributed by atoms with Gasteiger partial charge < -0.3 is 20.9 Å². The zero-order valence-electron chi connectivity index (χ0n) is 40.3. The van der Waals surface area contributed by atoms with Crippen molar-refractivity contribution in [3.05, 3.63) is 29.3 Å². The van der Waals surface area contributed by atoms with Crippen molar-refractivity contribution >= 4 is 12.1 Å². The lowest BCUT2D eigenvalue weighted by Gasteiger charge is -2.47. The second kappa shape index (κ2) is 33.5. The highest BCUT2D eigenvalue weighted by Gasteiger charge is 2.48. The number of hydrogen-bond donors (Lipinski definition) is 2. The Hall–Kier alpha value is -2.08. The Balaban J connectivity index is 1.85. The lowest BCUT2D eigenvalue weighted by atomic mass is 9.60. The Kier molecular flexibility index (Phi) is 30.2. The number of carbonyl (C=O) groups is 2. The molecule has 0 aromatic heterocycles. The Bertz CT molecular complexity index is 1230. The summed E-state index contributed by atoms with van der Waals surface area (Å²) < 4.78 is 11.7. The van der Waals surface area contributed by atoms with Gasteiger partial charge in [-0.3, -0.25) is 0 Å². The van der Waals surface area contributed by atoms with Crippen molar-refractivity contribution in [1.82, 2.24) is 0 Å². The average Bonchev–Trinajstić information content (AvgIpc) is 3.19. The van der Waals surface area contributed by atoms with Crippen LogP contribution < -0.4 is 16.2 Å². The first-order chi connectivity index (χ1) is 29.0. The molecule has 2 rings (SSSR count). The van der Waals surface area contributed by atoms with E-state index in [9.17, 15) is 9.59 Å². The summed E-state index contributed by atoms with van der Waals surface area (Å²) in [5.74, 6) is 0.273. The van der Waals surface area contributed by atoms with E-state index < -0.39 is 23.5 Å². The molecule has 6 heteroatoms. The monoisotopic (exact) mass is 839 g/mol. The number of hydrogen-bond acceptors (Lipinski definition) is 5. The van der Waals surface area contributed by atoms with Gasteiger partial charge >= 0.3 is 12.1 Å². The molecule has 4 N–H and O–H groups in total. The van der Waals surface area contributed by atoms with Crippen LogP contribution in [-0.2, 0) is 22.4 Å². The van der Waals surface area contributed by atoms with E-state index in [0.29, 0.717) is 18.6 Å². The molecule has 0 spiro atoms. The second-order valence-electron chi connectivity index (χ2n) is 20.4. The first kappa shape index (κ1) is 54.1. The third-order valence-electron chi connectivity index (χ3n) is 13.7. The van der Waals surface area contributed by atoms with Crippen molar-refractivity contribution in [2.24, 2.45) is 22.3 Å². The number of benzene rings is 1. The number of carbonyl (C=O) groups excluding carboxylic acids is 2. The third-order valence-corrected chi connectivity index (χ3v) is 13.7. The molecule has 1 aromatic rings. The van der Waals surface area contributed by atoms with Gasteiger partial charge in [-0.05, 0) is 73.0 Å². The lowest BCUT2D eigenvalue weighted by molar-refractivity contribution is -0.141. The van der Waals surface area contributed by atoms with Crippen molar-refractivity contribution in [3.63, 3.8) is 0 Å². The Morgan fingerprint density at radius 1 is 0.583 bits per heavy atom. The molecule has 1 amide bonds. The quantitative estimate of drug-likeness (QED) is 0.0392.